The number of benzene rings is 1. The second-order valence-corrected chi connectivity index (χ2v) is 10.4. The molecule has 1 atom stereocenters. The molecule has 3 heterocycles. The van der Waals surface area contributed by atoms with Crippen LogP contribution in [0.25, 0.3) is 0 Å². The van der Waals surface area contributed by atoms with Crippen LogP contribution in [0.2, 0.25) is 0 Å². The Kier molecular flexibility index (Phi) is 6.46. The Bertz CT molecular complexity index is 1130. The molecule has 0 saturated heterocycles. The molecule has 2 aliphatic rings. The number of amides is 2. The minimum atomic E-state index is -0.422. The van der Waals surface area contributed by atoms with Crippen LogP contribution in [0, 0.1) is 11.7 Å². The fourth-order valence-corrected chi connectivity index (χ4v) is 5.87. The molecular weight excluding hydrogens is 459 g/mol. The van der Waals surface area contributed by atoms with Gasteiger partial charge in [-0.05, 0) is 65.8 Å². The molecule has 33 heavy (non-hydrogen) atoms. The smallest absolute Gasteiger partial charge is 0.264 e. The number of ether oxygens (including phenoxy) is 1. The third-order valence-electron chi connectivity index (χ3n) is 6.17. The molecule has 1 fully saturated rings. The van der Waals surface area contributed by atoms with Crippen LogP contribution < -0.4 is 4.74 Å². The van der Waals surface area contributed by atoms with E-state index in [1.807, 2.05) is 22.9 Å². The van der Waals surface area contributed by atoms with Gasteiger partial charge in [-0.2, -0.15) is 0 Å². The highest BCUT2D eigenvalue weighted by Crippen LogP contribution is 2.35. The molecule has 0 spiro atoms. The second kappa shape index (κ2) is 9.65. The number of para-hydroxylation sites is 1. The van der Waals surface area contributed by atoms with Gasteiger partial charge in [-0.15, -0.1) is 22.7 Å². The number of nitrogens with zero attached hydrogens (tertiary/aromatic N) is 2. The van der Waals surface area contributed by atoms with Crippen molar-refractivity contribution in [2.45, 2.75) is 25.3 Å². The van der Waals surface area contributed by atoms with E-state index < -0.39 is 5.82 Å². The summed E-state index contributed by atoms with van der Waals surface area (Å²) in [6.45, 7) is 1.37. The maximum atomic E-state index is 14.1. The van der Waals surface area contributed by atoms with Gasteiger partial charge in [0.1, 0.15) is 13.2 Å². The van der Waals surface area contributed by atoms with E-state index in [-0.39, 0.29) is 36.8 Å². The third kappa shape index (κ3) is 4.96. The van der Waals surface area contributed by atoms with Crippen molar-refractivity contribution in [3.8, 4) is 5.75 Å². The summed E-state index contributed by atoms with van der Waals surface area (Å²) in [5.41, 5.74) is 1.05. The molecule has 1 aliphatic heterocycles. The first-order valence-corrected chi connectivity index (χ1v) is 12.9. The highest BCUT2D eigenvalue weighted by atomic mass is 32.1. The summed E-state index contributed by atoms with van der Waals surface area (Å²) in [7, 11) is 0. The predicted octanol–water partition coefficient (Wildman–Crippen LogP) is 5.01. The van der Waals surface area contributed by atoms with Crippen LogP contribution in [-0.4, -0.2) is 47.9 Å². The van der Waals surface area contributed by atoms with Gasteiger partial charge in [-0.3, -0.25) is 9.59 Å². The van der Waals surface area contributed by atoms with Gasteiger partial charge in [0.05, 0.1) is 10.9 Å². The van der Waals surface area contributed by atoms with Crippen molar-refractivity contribution in [1.29, 1.82) is 0 Å². The lowest BCUT2D eigenvalue weighted by atomic mass is 10.0. The van der Waals surface area contributed by atoms with E-state index in [1.54, 1.807) is 45.4 Å². The minimum Gasteiger partial charge on any atom is -0.488 e. The number of carbonyl (C=O) groups excluding carboxylic acids is 2. The van der Waals surface area contributed by atoms with E-state index in [2.05, 4.69) is 0 Å². The lowest BCUT2D eigenvalue weighted by Crippen LogP contribution is -2.48. The van der Waals surface area contributed by atoms with Gasteiger partial charge in [-0.25, -0.2) is 4.39 Å². The van der Waals surface area contributed by atoms with Gasteiger partial charge < -0.3 is 14.5 Å². The highest BCUT2D eigenvalue weighted by molar-refractivity contribution is 7.12. The van der Waals surface area contributed by atoms with E-state index in [4.69, 9.17) is 4.74 Å². The van der Waals surface area contributed by atoms with Gasteiger partial charge >= 0.3 is 0 Å². The van der Waals surface area contributed by atoms with Gasteiger partial charge in [0, 0.05) is 18.0 Å². The molecule has 172 valence electrons. The average Bonchev–Trinajstić information content (AvgIpc) is 3.26. The first-order valence-electron chi connectivity index (χ1n) is 11.2. The monoisotopic (exact) mass is 484 g/mol. The number of hydrogen-bond donors (Lipinski definition) is 0. The molecule has 2 aromatic heterocycles. The molecule has 3 aromatic rings. The fraction of sp³-hybridized carbons (Fsp3) is 0.360. The van der Waals surface area contributed by atoms with E-state index in [0.29, 0.717) is 23.9 Å². The van der Waals surface area contributed by atoms with Crippen molar-refractivity contribution in [3.05, 3.63) is 74.4 Å². The Morgan fingerprint density at radius 3 is 2.70 bits per heavy atom. The Balaban J connectivity index is 1.34. The lowest BCUT2D eigenvalue weighted by Gasteiger charge is -2.37. The van der Waals surface area contributed by atoms with Gasteiger partial charge in [0.15, 0.2) is 11.6 Å². The highest BCUT2D eigenvalue weighted by Gasteiger charge is 2.35. The van der Waals surface area contributed by atoms with E-state index in [0.717, 1.165) is 24.8 Å². The van der Waals surface area contributed by atoms with Crippen LogP contribution in [0.4, 0.5) is 4.39 Å². The summed E-state index contributed by atoms with van der Waals surface area (Å²) in [5.74, 6) is 0.0493. The van der Waals surface area contributed by atoms with Crippen LogP contribution in [0.15, 0.2) is 53.2 Å². The van der Waals surface area contributed by atoms with Crippen molar-refractivity contribution in [2.24, 2.45) is 5.92 Å². The Morgan fingerprint density at radius 2 is 1.94 bits per heavy atom. The maximum absolute atomic E-state index is 14.1. The van der Waals surface area contributed by atoms with Crippen LogP contribution in [0.3, 0.4) is 0 Å². The molecule has 1 aliphatic carbocycles. The molecule has 5 rings (SSSR count). The summed E-state index contributed by atoms with van der Waals surface area (Å²) in [6, 6.07) is 11.7. The maximum Gasteiger partial charge on any atom is 0.264 e. The molecule has 0 bridgehead atoms. The van der Waals surface area contributed by atoms with Crippen molar-refractivity contribution < 1.29 is 18.7 Å². The average molecular weight is 485 g/mol. The molecular formula is C25H25FN2O3S2. The Labute approximate surface area is 200 Å². The zero-order valence-corrected chi connectivity index (χ0v) is 19.7. The molecule has 2 amide bonds. The minimum absolute atomic E-state index is 0.0445. The van der Waals surface area contributed by atoms with Crippen molar-refractivity contribution in [3.63, 3.8) is 0 Å². The van der Waals surface area contributed by atoms with Gasteiger partial charge in [0.2, 0.25) is 5.91 Å². The molecule has 0 N–H and O–H groups in total. The summed E-state index contributed by atoms with van der Waals surface area (Å²) >= 11 is 3.07. The lowest BCUT2D eigenvalue weighted by molar-refractivity contribution is -0.135. The summed E-state index contributed by atoms with van der Waals surface area (Å²) < 4.78 is 19.9. The SMILES string of the molecule is O=C(c1cccs1)N(CC(=O)N1CCc2sccc2[C@H]1COc1ccccc1F)CC1CC1. The molecule has 1 aromatic carbocycles. The number of thiophene rings is 2. The quantitative estimate of drug-likeness (QED) is 0.452. The number of halogens is 1. The van der Waals surface area contributed by atoms with E-state index >= 15 is 0 Å². The number of rotatable bonds is 8. The number of hydrogen-bond acceptors (Lipinski definition) is 5. The van der Waals surface area contributed by atoms with Crippen LogP contribution in [-0.2, 0) is 11.2 Å². The third-order valence-corrected chi connectivity index (χ3v) is 8.02. The van der Waals surface area contributed by atoms with Crippen LogP contribution >= 0.6 is 22.7 Å². The fourth-order valence-electron chi connectivity index (χ4n) is 4.25. The first kappa shape index (κ1) is 22.1. The molecule has 5 nitrogen and oxygen atoms in total. The van der Waals surface area contributed by atoms with Crippen molar-refractivity contribution >= 4 is 34.5 Å². The zero-order valence-electron chi connectivity index (χ0n) is 18.1. The number of carbonyl (C=O) groups is 2. The van der Waals surface area contributed by atoms with Gasteiger partial charge in [-0.1, -0.05) is 18.2 Å². The van der Waals surface area contributed by atoms with Crippen LogP contribution in [0.5, 0.6) is 5.75 Å². The second-order valence-electron chi connectivity index (χ2n) is 8.50. The largest absolute Gasteiger partial charge is 0.488 e. The predicted molar refractivity (Wildman–Crippen MR) is 127 cm³/mol. The summed E-state index contributed by atoms with van der Waals surface area (Å²) in [5, 5.41) is 3.90. The molecule has 0 unspecified atom stereocenters. The topological polar surface area (TPSA) is 49.9 Å². The Hall–Kier alpha value is -2.71. The summed E-state index contributed by atoms with van der Waals surface area (Å²) in [6.07, 6.45) is 2.98. The van der Waals surface area contributed by atoms with Crippen molar-refractivity contribution in [2.75, 3.05) is 26.2 Å². The normalized spacial score (nSPS) is 17.5. The Morgan fingerprint density at radius 1 is 1.09 bits per heavy atom. The molecule has 1 saturated carbocycles. The van der Waals surface area contributed by atoms with Gasteiger partial charge in [0.25, 0.3) is 5.91 Å². The molecule has 0 radical (unpaired) electrons. The van der Waals surface area contributed by atoms with E-state index in [9.17, 15) is 14.0 Å². The first-order chi connectivity index (χ1) is 16.1. The zero-order chi connectivity index (χ0) is 22.8. The molecule has 8 heteroatoms. The summed E-state index contributed by atoms with van der Waals surface area (Å²) in [4.78, 5) is 32.0. The van der Waals surface area contributed by atoms with Crippen molar-refractivity contribution in [1.82, 2.24) is 9.80 Å². The number of fused-ring (bicyclic) bond motifs is 1. The van der Waals surface area contributed by atoms with E-state index in [1.165, 1.54) is 22.3 Å². The standard InChI is InChI=1S/C25H25FN2O3S2/c26-19-4-1-2-5-21(19)31-16-20-18-10-13-33-22(18)9-11-28(20)24(29)15-27(14-17-7-8-17)25(30)23-6-3-12-32-23/h1-6,10,12-13,17,20H,7-9,11,14-16H2/t20-/m1/s1. The van der Waals surface area contributed by atoms with Crippen LogP contribution in [0.1, 0.15) is 39.0 Å².